The molecular formula is C79H123N10O37P. The summed E-state index contributed by atoms with van der Waals surface area (Å²) in [7, 11) is -1.61. The Morgan fingerprint density at radius 3 is 1.62 bits per heavy atom. The van der Waals surface area contributed by atoms with Crippen LogP contribution in [0.1, 0.15) is 162 Å². The summed E-state index contributed by atoms with van der Waals surface area (Å²) in [5, 5.41) is 27.9. The van der Waals surface area contributed by atoms with Gasteiger partial charge in [-0.1, -0.05) is 0 Å². The first-order valence-electron chi connectivity index (χ1n) is 41.7. The van der Waals surface area contributed by atoms with E-state index in [0.29, 0.717) is 30.6 Å². The zero-order chi connectivity index (χ0) is 94.1. The Morgan fingerprint density at radius 2 is 1.08 bits per heavy atom. The van der Waals surface area contributed by atoms with E-state index in [2.05, 4.69) is 48.0 Å². The number of carbonyl (C=O) groups excluding carboxylic acids is 17. The Morgan fingerprint density at radius 1 is 0.559 bits per heavy atom. The van der Waals surface area contributed by atoms with Crippen LogP contribution in [-0.2, 0) is 171 Å². The van der Waals surface area contributed by atoms with Gasteiger partial charge < -0.3 is 132 Å². The van der Waals surface area contributed by atoms with Gasteiger partial charge in [0, 0.05) is 127 Å². The summed E-state index contributed by atoms with van der Waals surface area (Å²) in [6.07, 6.45) is -21.3. The van der Waals surface area contributed by atoms with Crippen molar-refractivity contribution in [1.82, 2.24) is 46.8 Å². The predicted octanol–water partition coefficient (Wildman–Crippen LogP) is -0.916. The second-order valence-electron chi connectivity index (χ2n) is 30.4. The molecule has 5 aliphatic rings. The van der Waals surface area contributed by atoms with Crippen molar-refractivity contribution >= 4 is 110 Å². The maximum atomic E-state index is 14.8. The Balaban J connectivity index is 1.45. The van der Waals surface area contributed by atoms with Crippen molar-refractivity contribution in [2.45, 2.75) is 284 Å². The number of imide groups is 1. The van der Waals surface area contributed by atoms with Crippen molar-refractivity contribution in [3.63, 3.8) is 0 Å². The van der Waals surface area contributed by atoms with E-state index < -0.39 is 272 Å². The number of cyclic esters (lactones) is 1. The molecule has 127 heavy (non-hydrogen) atoms. The maximum absolute atomic E-state index is 14.8. The van der Waals surface area contributed by atoms with E-state index in [0.717, 1.165) is 69.2 Å². The lowest BCUT2D eigenvalue weighted by Gasteiger charge is -2.47. The average molecular weight is 1840 g/mol. The first kappa shape index (κ1) is 108. The third kappa shape index (κ3) is 38.0. The number of rotatable bonds is 32. The highest BCUT2D eigenvalue weighted by Crippen LogP contribution is 2.49. The van der Waals surface area contributed by atoms with Crippen LogP contribution in [0.5, 0.6) is 0 Å². The van der Waals surface area contributed by atoms with E-state index in [-0.39, 0.29) is 103 Å². The molecule has 7 N–H and O–H groups in total. The van der Waals surface area contributed by atoms with E-state index >= 15 is 0 Å². The fourth-order valence-corrected chi connectivity index (χ4v) is 16.0. The second-order valence-corrected chi connectivity index (χ2v) is 31.8. The molecule has 0 aromatic heterocycles. The van der Waals surface area contributed by atoms with Crippen molar-refractivity contribution in [2.24, 2.45) is 5.92 Å². The van der Waals surface area contributed by atoms with Gasteiger partial charge in [-0.2, -0.15) is 5.26 Å². The van der Waals surface area contributed by atoms with E-state index in [1.54, 1.807) is 0 Å². The first-order chi connectivity index (χ1) is 60.2. The van der Waals surface area contributed by atoms with E-state index in [1.807, 2.05) is 27.7 Å². The van der Waals surface area contributed by atoms with Gasteiger partial charge in [0.15, 0.2) is 55.5 Å². The lowest BCUT2D eigenvalue weighted by atomic mass is 9.86. The Kier molecular flexibility index (Phi) is 47.6. The Bertz CT molecular complexity index is 3710. The molecule has 48 heteroatoms. The molecule has 4 heterocycles. The molecule has 5 fully saturated rings. The van der Waals surface area contributed by atoms with Gasteiger partial charge in [0.05, 0.1) is 84.7 Å². The van der Waals surface area contributed by atoms with Crippen LogP contribution < -0.4 is 37.2 Å². The highest BCUT2D eigenvalue weighted by Gasteiger charge is 2.58. The fraction of sp³-hybridized carbons (Fsp3) is 0.772. The van der Waals surface area contributed by atoms with Gasteiger partial charge in [0.2, 0.25) is 47.3 Å². The van der Waals surface area contributed by atoms with Crippen molar-refractivity contribution in [3.05, 3.63) is 0 Å². The SMILES string of the molecule is CC(=O)NC1C(OCCOCCNC(=O)CCC2NC(=O)CCC(NC(=O)C3CCC(OP(OCCC#N)N(C(C)C)C(C)C)CC3)C(=O)NCCOCCOC3OC(COC(=O)N(C(C)=O)C4C(OCCOCCNC2=O)OC(COC(C)=O)C(OC(C)=O)C4OC(C)=O)C(OC(C)=O)C(OC(C)=O)C3NC(C)=O)OC(COC(C)=O)C(OC(C)=O)C1OC(C)=O. The van der Waals surface area contributed by atoms with Crippen LogP contribution in [0.25, 0.3) is 0 Å². The molecule has 2 bridgehead atoms. The molecule has 47 nitrogen and oxygen atoms in total. The number of nitrogens with zero attached hydrogens (tertiary/aromatic N) is 3. The number of hydrogen-bond acceptors (Lipinski definition) is 39. The van der Waals surface area contributed by atoms with Gasteiger partial charge in [-0.05, 0) is 66.2 Å². The third-order valence-corrected chi connectivity index (χ3v) is 21.5. The summed E-state index contributed by atoms with van der Waals surface area (Å²) in [4.78, 5) is 226. The number of nitriles is 1. The van der Waals surface area contributed by atoms with Crippen LogP contribution in [0, 0.1) is 17.2 Å². The third-order valence-electron chi connectivity index (χ3n) is 19.3. The highest BCUT2D eigenvalue weighted by molar-refractivity contribution is 7.44. The van der Waals surface area contributed by atoms with Crippen LogP contribution in [0.2, 0.25) is 0 Å². The van der Waals surface area contributed by atoms with Gasteiger partial charge >= 0.3 is 53.8 Å². The fourth-order valence-electron chi connectivity index (χ4n) is 14.2. The Hall–Kier alpha value is -9.57. The highest BCUT2D eigenvalue weighted by atomic mass is 31.2. The number of hydrogen-bond donors (Lipinski definition) is 7. The molecule has 18 atom stereocenters. The molecule has 4 aliphatic heterocycles. The zero-order valence-corrected chi connectivity index (χ0v) is 75.1. The molecule has 0 aromatic rings. The maximum Gasteiger partial charge on any atom is 0.417 e. The van der Waals surface area contributed by atoms with Crippen LogP contribution in [0.4, 0.5) is 4.79 Å². The normalized spacial score (nSPS) is 27.9. The van der Waals surface area contributed by atoms with Crippen molar-refractivity contribution < 1.29 is 176 Å². The van der Waals surface area contributed by atoms with E-state index in [1.165, 1.54) is 6.92 Å². The summed E-state index contributed by atoms with van der Waals surface area (Å²) in [5.41, 5.74) is 0. The van der Waals surface area contributed by atoms with Crippen LogP contribution >= 0.6 is 8.53 Å². The summed E-state index contributed by atoms with van der Waals surface area (Å²) in [5.74, 6) is -13.9. The smallest absolute Gasteiger partial charge is 0.417 e. The van der Waals surface area contributed by atoms with E-state index in [9.17, 15) is 86.8 Å². The minimum Gasteiger partial charge on any atom is -0.463 e. The lowest BCUT2D eigenvalue weighted by molar-refractivity contribution is -0.291. The average Bonchev–Trinajstić information content (AvgIpc) is 0.770. The summed E-state index contributed by atoms with van der Waals surface area (Å²) < 4.78 is 118. The molecule has 1 aliphatic carbocycles. The number of amides is 9. The lowest BCUT2D eigenvalue weighted by Crippen LogP contribution is -2.68. The number of carbonyl (C=O) groups is 17. The van der Waals surface area contributed by atoms with Crippen LogP contribution in [0.3, 0.4) is 0 Å². The Labute approximate surface area is 736 Å². The molecule has 9 amide bonds. The topological polar surface area (TPSA) is 589 Å². The summed E-state index contributed by atoms with van der Waals surface area (Å²) in [6, 6.07) is -5.49. The molecule has 0 spiro atoms. The molecule has 0 radical (unpaired) electrons. The van der Waals surface area contributed by atoms with Gasteiger partial charge in [0.25, 0.3) is 8.53 Å². The zero-order valence-electron chi connectivity index (χ0n) is 74.2. The van der Waals surface area contributed by atoms with Crippen molar-refractivity contribution in [2.75, 3.05) is 106 Å². The molecule has 18 unspecified atom stereocenters. The number of fused-ring (bicyclic) bond motifs is 3. The second kappa shape index (κ2) is 56.0. The number of ether oxygens (including phenoxy) is 18. The van der Waals surface area contributed by atoms with Crippen molar-refractivity contribution in [3.8, 4) is 6.07 Å². The van der Waals surface area contributed by atoms with Gasteiger partial charge in [-0.3, -0.25) is 76.7 Å². The van der Waals surface area contributed by atoms with E-state index in [4.69, 9.17) is 94.3 Å². The molecular weight excluding hydrogens is 1710 g/mol. The predicted molar refractivity (Wildman–Crippen MR) is 429 cm³/mol. The molecule has 0 aromatic carbocycles. The van der Waals surface area contributed by atoms with Crippen molar-refractivity contribution in [1.29, 1.82) is 5.26 Å². The molecule has 716 valence electrons. The largest absolute Gasteiger partial charge is 0.463 e. The van der Waals surface area contributed by atoms with Gasteiger partial charge in [-0.15, -0.1) is 0 Å². The monoisotopic (exact) mass is 1830 g/mol. The molecule has 4 saturated heterocycles. The summed E-state index contributed by atoms with van der Waals surface area (Å²) in [6.45, 7) is 14.0. The quantitative estimate of drug-likeness (QED) is 0.0185. The first-order valence-corrected chi connectivity index (χ1v) is 42.8. The number of esters is 8. The molecule has 5 rings (SSSR count). The van der Waals surface area contributed by atoms with Crippen LogP contribution in [0.15, 0.2) is 0 Å². The number of nitrogens with one attached hydrogen (secondary N) is 7. The van der Waals surface area contributed by atoms with Gasteiger partial charge in [0.1, 0.15) is 68.3 Å². The van der Waals surface area contributed by atoms with Crippen LogP contribution in [-0.4, -0.2) is 338 Å². The standard InChI is InChI=1S/C79H123N10O37P/c1-42(2)89(43(3)4)127(116-29-16-25-80)126-56-19-17-55(18-20-56)73(103)87-58-22-24-63(102)86-57(21-23-62(101)81-26-30-107-33-36-110-76-64(84-44(5)90)70(120-52(13)98)67(117-49(10)95)59(123-76)39-113-47(8)93)74(104)82-27-31-109-35-38-112-78-66(72(122-54(15)100)69(119-51(12)97)60(125-78)40-114-48(9)94)88(46(7)92)79(106)115-41-61-68(118-50(11)96)71(121-53(14)99)65(85-45(6)91)77(124-61)111-37-34-108-32-28-83-75(58)105/h42-43,55-61,64-72,76-78H,16-24,26-41H2,1-15H3,(H,81,101)(H,82,104)(H,83,105)(H,84,90)(H,85,91)(H,86,102)(H,87,103). The molecule has 1 saturated carbocycles. The van der Waals surface area contributed by atoms with Gasteiger partial charge in [-0.25, -0.2) is 14.4 Å². The minimum atomic E-state index is -1.98. The summed E-state index contributed by atoms with van der Waals surface area (Å²) >= 11 is 0. The minimum absolute atomic E-state index is 0.0175.